The molecule has 0 unspecified atom stereocenters. The summed E-state index contributed by atoms with van der Waals surface area (Å²) < 4.78 is 18.5. The number of halogens is 2. The fourth-order valence-electron chi connectivity index (χ4n) is 1.83. The van der Waals surface area contributed by atoms with Crippen molar-refractivity contribution in [1.82, 2.24) is 4.98 Å². The lowest BCUT2D eigenvalue weighted by Gasteiger charge is -2.12. The molecule has 4 nitrogen and oxygen atoms in total. The molecular weight excluding hydrogens is 295 g/mol. The number of amides is 1. The van der Waals surface area contributed by atoms with Gasteiger partial charge in [-0.1, -0.05) is 11.6 Å². The SMILES string of the molecule is CCOc1cc(F)ccc1NC(=O)c1cc(C)nc(Cl)c1. The van der Waals surface area contributed by atoms with Crippen molar-refractivity contribution < 1.29 is 13.9 Å². The largest absolute Gasteiger partial charge is 0.492 e. The smallest absolute Gasteiger partial charge is 0.255 e. The van der Waals surface area contributed by atoms with Crippen LogP contribution in [0.2, 0.25) is 5.15 Å². The average Bonchev–Trinajstić information content (AvgIpc) is 2.41. The molecule has 1 N–H and O–H groups in total. The van der Waals surface area contributed by atoms with Crippen LogP contribution in [-0.2, 0) is 0 Å². The van der Waals surface area contributed by atoms with Crippen molar-refractivity contribution in [2.24, 2.45) is 0 Å². The number of anilines is 1. The molecule has 0 aliphatic carbocycles. The number of rotatable bonds is 4. The molecule has 0 atom stereocenters. The monoisotopic (exact) mass is 308 g/mol. The van der Waals surface area contributed by atoms with Gasteiger partial charge in [0.15, 0.2) is 0 Å². The summed E-state index contributed by atoms with van der Waals surface area (Å²) in [5, 5.41) is 2.92. The minimum atomic E-state index is -0.431. The molecule has 21 heavy (non-hydrogen) atoms. The minimum absolute atomic E-state index is 0.240. The van der Waals surface area contributed by atoms with Crippen LogP contribution in [0, 0.1) is 12.7 Å². The third-order valence-electron chi connectivity index (χ3n) is 2.68. The number of nitrogens with one attached hydrogen (secondary N) is 1. The summed E-state index contributed by atoms with van der Waals surface area (Å²) in [6, 6.07) is 7.01. The number of benzene rings is 1. The molecule has 110 valence electrons. The van der Waals surface area contributed by atoms with Crippen LogP contribution < -0.4 is 10.1 Å². The quantitative estimate of drug-likeness (QED) is 0.873. The van der Waals surface area contributed by atoms with E-state index in [2.05, 4.69) is 10.3 Å². The number of aryl methyl sites for hydroxylation is 1. The van der Waals surface area contributed by atoms with Gasteiger partial charge in [-0.2, -0.15) is 0 Å². The number of hydrogen-bond donors (Lipinski definition) is 1. The van der Waals surface area contributed by atoms with Crippen molar-refractivity contribution in [1.29, 1.82) is 0 Å². The Hall–Kier alpha value is -2.14. The Balaban J connectivity index is 2.26. The second-order valence-electron chi connectivity index (χ2n) is 4.35. The van der Waals surface area contributed by atoms with Gasteiger partial charge in [-0.3, -0.25) is 4.79 Å². The standard InChI is InChI=1S/C15H14ClFN2O2/c1-3-21-13-8-11(17)4-5-12(13)19-15(20)10-6-9(2)18-14(16)7-10/h4-8H,3H2,1-2H3,(H,19,20). The number of ether oxygens (including phenoxy) is 1. The van der Waals surface area contributed by atoms with Crippen LogP contribution in [-0.4, -0.2) is 17.5 Å². The van der Waals surface area contributed by atoms with Crippen LogP contribution in [0.5, 0.6) is 5.75 Å². The molecule has 2 aromatic rings. The summed E-state index contributed by atoms with van der Waals surface area (Å²) in [4.78, 5) is 16.2. The highest BCUT2D eigenvalue weighted by atomic mass is 35.5. The summed E-state index contributed by atoms with van der Waals surface area (Å²) in [6.45, 7) is 3.89. The predicted molar refractivity (Wildman–Crippen MR) is 79.5 cm³/mol. The first-order valence-electron chi connectivity index (χ1n) is 6.37. The summed E-state index contributed by atoms with van der Waals surface area (Å²) in [5.74, 6) is -0.517. The van der Waals surface area contributed by atoms with Gasteiger partial charge >= 0.3 is 0 Å². The maximum absolute atomic E-state index is 13.2. The summed E-state index contributed by atoms with van der Waals surface area (Å²) >= 11 is 5.83. The molecule has 0 aliphatic heterocycles. The van der Waals surface area contributed by atoms with E-state index in [0.717, 1.165) is 0 Å². The normalized spacial score (nSPS) is 10.3. The number of pyridine rings is 1. The predicted octanol–water partition coefficient (Wildman–Crippen LogP) is 3.83. The van der Waals surface area contributed by atoms with Crippen molar-refractivity contribution in [3.05, 3.63) is 52.6 Å². The summed E-state index contributed by atoms with van der Waals surface area (Å²) in [6.07, 6.45) is 0. The zero-order valence-electron chi connectivity index (χ0n) is 11.6. The molecule has 0 saturated carbocycles. The first-order valence-corrected chi connectivity index (χ1v) is 6.75. The first kappa shape index (κ1) is 15.3. The fraction of sp³-hybridized carbons (Fsp3) is 0.200. The van der Waals surface area contributed by atoms with Gasteiger partial charge in [-0.05, 0) is 38.1 Å². The van der Waals surface area contributed by atoms with E-state index in [1.54, 1.807) is 19.9 Å². The Morgan fingerprint density at radius 2 is 2.14 bits per heavy atom. The van der Waals surface area contributed by atoms with E-state index in [4.69, 9.17) is 16.3 Å². The Bertz CT molecular complexity index is 656. The maximum atomic E-state index is 13.2. The summed E-state index contributed by atoms with van der Waals surface area (Å²) in [7, 11) is 0. The third kappa shape index (κ3) is 3.92. The Labute approximate surface area is 126 Å². The van der Waals surface area contributed by atoms with E-state index in [1.807, 2.05) is 0 Å². The molecule has 0 bridgehead atoms. The molecular formula is C15H14ClFN2O2. The molecule has 2 rings (SSSR count). The Morgan fingerprint density at radius 1 is 1.38 bits per heavy atom. The van der Waals surface area contributed by atoms with Gasteiger partial charge < -0.3 is 10.1 Å². The Morgan fingerprint density at radius 3 is 2.81 bits per heavy atom. The van der Waals surface area contributed by atoms with Gasteiger partial charge in [0.2, 0.25) is 0 Å². The van der Waals surface area contributed by atoms with E-state index >= 15 is 0 Å². The van der Waals surface area contributed by atoms with E-state index in [0.29, 0.717) is 23.6 Å². The van der Waals surface area contributed by atoms with Crippen molar-refractivity contribution in [2.45, 2.75) is 13.8 Å². The van der Waals surface area contributed by atoms with Gasteiger partial charge in [0.05, 0.1) is 12.3 Å². The van der Waals surface area contributed by atoms with Crippen LogP contribution in [0.3, 0.4) is 0 Å². The van der Waals surface area contributed by atoms with E-state index in [-0.39, 0.29) is 16.8 Å². The lowest BCUT2D eigenvalue weighted by molar-refractivity contribution is 0.102. The van der Waals surface area contributed by atoms with Crippen molar-refractivity contribution in [3.8, 4) is 5.75 Å². The van der Waals surface area contributed by atoms with Gasteiger partial charge in [0.1, 0.15) is 16.7 Å². The topological polar surface area (TPSA) is 51.2 Å². The maximum Gasteiger partial charge on any atom is 0.255 e. The number of carbonyl (C=O) groups excluding carboxylic acids is 1. The molecule has 0 fully saturated rings. The molecule has 1 heterocycles. The summed E-state index contributed by atoms with van der Waals surface area (Å²) in [5.41, 5.74) is 1.41. The highest BCUT2D eigenvalue weighted by Crippen LogP contribution is 2.26. The third-order valence-corrected chi connectivity index (χ3v) is 2.87. The lowest BCUT2D eigenvalue weighted by atomic mass is 10.2. The van der Waals surface area contributed by atoms with Crippen molar-refractivity contribution >= 4 is 23.2 Å². The second kappa shape index (κ2) is 6.54. The number of carbonyl (C=O) groups is 1. The molecule has 0 radical (unpaired) electrons. The molecule has 1 aromatic carbocycles. The lowest BCUT2D eigenvalue weighted by Crippen LogP contribution is -2.13. The van der Waals surface area contributed by atoms with Crippen LogP contribution in [0.4, 0.5) is 10.1 Å². The van der Waals surface area contributed by atoms with Crippen LogP contribution in [0.15, 0.2) is 30.3 Å². The fourth-order valence-corrected chi connectivity index (χ4v) is 2.08. The van der Waals surface area contributed by atoms with Crippen LogP contribution in [0.1, 0.15) is 23.0 Å². The number of nitrogens with zero attached hydrogens (tertiary/aromatic N) is 1. The van der Waals surface area contributed by atoms with Gasteiger partial charge in [-0.25, -0.2) is 9.37 Å². The van der Waals surface area contributed by atoms with Crippen molar-refractivity contribution in [2.75, 3.05) is 11.9 Å². The first-order chi connectivity index (χ1) is 9.99. The Kier molecular flexibility index (Phi) is 4.75. The molecule has 1 aromatic heterocycles. The van der Waals surface area contributed by atoms with E-state index in [9.17, 15) is 9.18 Å². The molecule has 6 heteroatoms. The molecule has 1 amide bonds. The molecule has 0 spiro atoms. The van der Waals surface area contributed by atoms with Gasteiger partial charge in [0, 0.05) is 17.3 Å². The minimum Gasteiger partial charge on any atom is -0.492 e. The van der Waals surface area contributed by atoms with Crippen LogP contribution in [0.25, 0.3) is 0 Å². The molecule has 0 saturated heterocycles. The van der Waals surface area contributed by atoms with Gasteiger partial charge in [0.25, 0.3) is 5.91 Å². The van der Waals surface area contributed by atoms with E-state index in [1.165, 1.54) is 24.3 Å². The average molecular weight is 309 g/mol. The number of aromatic nitrogens is 1. The van der Waals surface area contributed by atoms with Gasteiger partial charge in [-0.15, -0.1) is 0 Å². The van der Waals surface area contributed by atoms with Crippen molar-refractivity contribution in [3.63, 3.8) is 0 Å². The highest BCUT2D eigenvalue weighted by Gasteiger charge is 2.12. The van der Waals surface area contributed by atoms with E-state index < -0.39 is 5.82 Å². The number of hydrogen-bond acceptors (Lipinski definition) is 3. The highest BCUT2D eigenvalue weighted by molar-refractivity contribution is 6.29. The second-order valence-corrected chi connectivity index (χ2v) is 4.73. The molecule has 0 aliphatic rings. The zero-order chi connectivity index (χ0) is 15.4. The zero-order valence-corrected chi connectivity index (χ0v) is 12.4. The van der Waals surface area contributed by atoms with Crippen LogP contribution >= 0.6 is 11.6 Å².